The molecule has 0 radical (unpaired) electrons. The minimum absolute atomic E-state index is 0.0744. The van der Waals surface area contributed by atoms with Crippen molar-refractivity contribution in [1.82, 2.24) is 19.8 Å². The average molecular weight is 533 g/mol. The molecular weight excluding hydrogens is 504 g/mol. The minimum atomic E-state index is -0.109. The summed E-state index contributed by atoms with van der Waals surface area (Å²) in [6.45, 7) is 4.88. The molecule has 1 saturated heterocycles. The van der Waals surface area contributed by atoms with Gasteiger partial charge >= 0.3 is 0 Å². The molecule has 5 rings (SSSR count). The van der Waals surface area contributed by atoms with Crippen LogP contribution in [0.15, 0.2) is 72.9 Å². The highest BCUT2D eigenvalue weighted by molar-refractivity contribution is 7.80. The van der Waals surface area contributed by atoms with E-state index in [0.29, 0.717) is 16.7 Å². The van der Waals surface area contributed by atoms with Crippen molar-refractivity contribution in [3.8, 4) is 17.2 Å². The summed E-state index contributed by atoms with van der Waals surface area (Å²) in [4.78, 5) is 6.93. The number of hydrogen-bond donors (Lipinski definition) is 1. The SMILES string of the molecule is COc1ccc(CN2C(=S)N[C@@H](c3ccccn3)[C@H]2c2cc(C)n(-c3cc(Cl)ccc3OC)c2C)cc1. The van der Waals surface area contributed by atoms with Crippen molar-refractivity contribution < 1.29 is 9.47 Å². The molecule has 1 aliphatic heterocycles. The van der Waals surface area contributed by atoms with Gasteiger partial charge in [-0.1, -0.05) is 29.8 Å². The second-order valence-electron chi connectivity index (χ2n) is 9.08. The molecule has 6 nitrogen and oxygen atoms in total. The molecule has 0 saturated carbocycles. The lowest BCUT2D eigenvalue weighted by atomic mass is 9.96. The maximum atomic E-state index is 6.40. The van der Waals surface area contributed by atoms with Crippen molar-refractivity contribution in [2.24, 2.45) is 0 Å². The molecule has 1 aliphatic rings. The summed E-state index contributed by atoms with van der Waals surface area (Å²) < 4.78 is 13.2. The standard InChI is InChI=1S/C29H29ClN4O2S/c1-18-15-23(19(2)34(18)25-16-21(30)10-13-26(25)36-4)28-27(24-7-5-6-14-31-24)32-29(37)33(28)17-20-8-11-22(35-3)12-9-20/h5-16,27-28H,17H2,1-4H3,(H,32,37)/t27-,28+/m0/s1. The predicted octanol–water partition coefficient (Wildman–Crippen LogP) is 6.33. The fourth-order valence-corrected chi connectivity index (χ4v) is 5.61. The molecule has 1 fully saturated rings. The second kappa shape index (κ2) is 10.4. The lowest BCUT2D eigenvalue weighted by Gasteiger charge is -2.28. The van der Waals surface area contributed by atoms with E-state index in [0.717, 1.165) is 45.4 Å². The van der Waals surface area contributed by atoms with Crippen LogP contribution in [-0.4, -0.2) is 33.8 Å². The van der Waals surface area contributed by atoms with Crippen LogP contribution in [-0.2, 0) is 6.54 Å². The number of thiocarbonyl (C=S) groups is 1. The summed E-state index contributed by atoms with van der Waals surface area (Å²) in [6, 6.07) is 21.8. The molecule has 4 aromatic rings. The molecule has 1 N–H and O–H groups in total. The van der Waals surface area contributed by atoms with Crippen molar-refractivity contribution in [2.75, 3.05) is 14.2 Å². The zero-order chi connectivity index (χ0) is 26.1. The van der Waals surface area contributed by atoms with Crippen LogP contribution in [0.3, 0.4) is 0 Å². The quantitative estimate of drug-likeness (QED) is 0.281. The van der Waals surface area contributed by atoms with E-state index >= 15 is 0 Å². The monoisotopic (exact) mass is 532 g/mol. The van der Waals surface area contributed by atoms with Crippen LogP contribution < -0.4 is 14.8 Å². The zero-order valence-corrected chi connectivity index (χ0v) is 22.8. The molecule has 0 bridgehead atoms. The fourth-order valence-electron chi connectivity index (χ4n) is 5.14. The number of nitrogens with zero attached hydrogens (tertiary/aromatic N) is 3. The first kappa shape index (κ1) is 25.1. The first-order valence-electron chi connectivity index (χ1n) is 12.0. The lowest BCUT2D eigenvalue weighted by Crippen LogP contribution is -2.29. The molecule has 190 valence electrons. The van der Waals surface area contributed by atoms with E-state index in [-0.39, 0.29) is 12.1 Å². The number of hydrogen-bond acceptors (Lipinski definition) is 4. The minimum Gasteiger partial charge on any atom is -0.497 e. The third-order valence-corrected chi connectivity index (χ3v) is 7.47. The Bertz CT molecular complexity index is 1420. The smallest absolute Gasteiger partial charge is 0.170 e. The molecule has 0 amide bonds. The van der Waals surface area contributed by atoms with Gasteiger partial charge in [-0.3, -0.25) is 4.98 Å². The maximum absolute atomic E-state index is 6.40. The van der Waals surface area contributed by atoms with Crippen molar-refractivity contribution >= 4 is 28.9 Å². The summed E-state index contributed by atoms with van der Waals surface area (Å²) in [5, 5.41) is 4.90. The number of nitrogens with one attached hydrogen (secondary N) is 1. The molecule has 0 spiro atoms. The van der Waals surface area contributed by atoms with Gasteiger partial charge in [-0.05, 0) is 85.7 Å². The summed E-state index contributed by atoms with van der Waals surface area (Å²) in [6.07, 6.45) is 1.82. The number of rotatable bonds is 7. The van der Waals surface area contributed by atoms with Crippen LogP contribution in [0.2, 0.25) is 5.02 Å². The topological polar surface area (TPSA) is 51.5 Å². The third kappa shape index (κ3) is 4.77. The van der Waals surface area contributed by atoms with Gasteiger partial charge in [0.15, 0.2) is 5.11 Å². The fraction of sp³-hybridized carbons (Fsp3) is 0.241. The Morgan fingerprint density at radius 2 is 1.78 bits per heavy atom. The molecule has 2 aromatic carbocycles. The van der Waals surface area contributed by atoms with E-state index in [1.165, 1.54) is 0 Å². The van der Waals surface area contributed by atoms with E-state index in [4.69, 9.17) is 33.3 Å². The van der Waals surface area contributed by atoms with Gasteiger partial charge in [0.2, 0.25) is 0 Å². The summed E-state index contributed by atoms with van der Waals surface area (Å²) in [7, 11) is 3.35. The first-order chi connectivity index (χ1) is 17.9. The Labute approximate surface area is 227 Å². The maximum Gasteiger partial charge on any atom is 0.170 e. The van der Waals surface area contributed by atoms with Crippen molar-refractivity contribution in [1.29, 1.82) is 0 Å². The molecule has 37 heavy (non-hydrogen) atoms. The lowest BCUT2D eigenvalue weighted by molar-refractivity contribution is 0.310. The van der Waals surface area contributed by atoms with Gasteiger partial charge < -0.3 is 24.3 Å². The van der Waals surface area contributed by atoms with Crippen LogP contribution in [0, 0.1) is 13.8 Å². The Morgan fingerprint density at radius 1 is 1.00 bits per heavy atom. The number of aryl methyl sites for hydroxylation is 1. The Balaban J connectivity index is 1.62. The highest BCUT2D eigenvalue weighted by Gasteiger charge is 2.41. The molecule has 3 heterocycles. The van der Waals surface area contributed by atoms with Gasteiger partial charge in [-0.25, -0.2) is 0 Å². The normalized spacial score (nSPS) is 17.1. The van der Waals surface area contributed by atoms with Crippen LogP contribution in [0.1, 0.15) is 40.3 Å². The van der Waals surface area contributed by atoms with Gasteiger partial charge in [0, 0.05) is 29.2 Å². The molecule has 2 aromatic heterocycles. The summed E-state index contributed by atoms with van der Waals surface area (Å²) in [5.41, 5.74) is 6.32. The van der Waals surface area contributed by atoms with Crippen LogP contribution in [0.4, 0.5) is 0 Å². The van der Waals surface area contributed by atoms with E-state index < -0.39 is 0 Å². The highest BCUT2D eigenvalue weighted by Crippen LogP contribution is 2.43. The molecule has 0 aliphatic carbocycles. The van der Waals surface area contributed by atoms with Crippen LogP contribution >= 0.6 is 23.8 Å². The van der Waals surface area contributed by atoms with Crippen molar-refractivity contribution in [3.63, 3.8) is 0 Å². The molecule has 8 heteroatoms. The number of benzene rings is 2. The summed E-state index contributed by atoms with van der Waals surface area (Å²) in [5.74, 6) is 1.59. The summed E-state index contributed by atoms with van der Waals surface area (Å²) >= 11 is 12.3. The first-order valence-corrected chi connectivity index (χ1v) is 12.8. The number of methoxy groups -OCH3 is 2. The van der Waals surface area contributed by atoms with Gasteiger partial charge in [0.25, 0.3) is 0 Å². The van der Waals surface area contributed by atoms with Gasteiger partial charge in [0.1, 0.15) is 11.5 Å². The number of ether oxygens (including phenoxy) is 2. The van der Waals surface area contributed by atoms with Crippen LogP contribution in [0.5, 0.6) is 11.5 Å². The highest BCUT2D eigenvalue weighted by atomic mass is 35.5. The van der Waals surface area contributed by atoms with Gasteiger partial charge in [-0.15, -0.1) is 0 Å². The van der Waals surface area contributed by atoms with Gasteiger partial charge in [-0.2, -0.15) is 0 Å². The molecule has 2 atom stereocenters. The van der Waals surface area contributed by atoms with Crippen LogP contribution in [0.25, 0.3) is 5.69 Å². The zero-order valence-electron chi connectivity index (χ0n) is 21.2. The Morgan fingerprint density at radius 3 is 2.46 bits per heavy atom. The molecule has 0 unspecified atom stereocenters. The van der Waals surface area contributed by atoms with E-state index in [1.54, 1.807) is 14.2 Å². The van der Waals surface area contributed by atoms with Crippen molar-refractivity contribution in [2.45, 2.75) is 32.5 Å². The number of aromatic nitrogens is 2. The number of pyridine rings is 1. The third-order valence-electron chi connectivity index (χ3n) is 6.88. The number of halogens is 1. The Kier molecular flexibility index (Phi) is 7.09. The van der Waals surface area contributed by atoms with Gasteiger partial charge in [0.05, 0.1) is 37.7 Å². The predicted molar refractivity (Wildman–Crippen MR) is 151 cm³/mol. The Hall–Kier alpha value is -3.55. The largest absolute Gasteiger partial charge is 0.497 e. The second-order valence-corrected chi connectivity index (χ2v) is 9.90. The molecular formula is C29H29ClN4O2S. The van der Waals surface area contributed by atoms with E-state index in [9.17, 15) is 0 Å². The average Bonchev–Trinajstić information content (AvgIpc) is 3.39. The van der Waals surface area contributed by atoms with E-state index in [2.05, 4.69) is 51.8 Å². The van der Waals surface area contributed by atoms with E-state index in [1.807, 2.05) is 54.7 Å². The van der Waals surface area contributed by atoms with Crippen molar-refractivity contribution in [3.05, 3.63) is 106 Å².